The molecule has 1 saturated heterocycles. The summed E-state index contributed by atoms with van der Waals surface area (Å²) in [6, 6.07) is 2.35. The predicted octanol–water partition coefficient (Wildman–Crippen LogP) is 1.07. The number of likely N-dealkylation sites (N-methyl/N-ethyl adjacent to an activating group) is 1. The molecule has 0 bridgehead atoms. The zero-order valence-corrected chi connectivity index (χ0v) is 18.6. The van der Waals surface area contributed by atoms with Gasteiger partial charge in [0.2, 0.25) is 5.75 Å². The van der Waals surface area contributed by atoms with E-state index in [4.69, 9.17) is 14.2 Å². The van der Waals surface area contributed by atoms with Gasteiger partial charge in [-0.15, -0.1) is 0 Å². The summed E-state index contributed by atoms with van der Waals surface area (Å²) in [5.41, 5.74) is 3.80. The van der Waals surface area contributed by atoms with Gasteiger partial charge in [-0.05, 0) is 25.0 Å². The number of nitrogens with one attached hydrogen (secondary N) is 2. The molecule has 5 amide bonds. The van der Waals surface area contributed by atoms with Crippen LogP contribution in [0.2, 0.25) is 0 Å². The highest BCUT2D eigenvalue weighted by Gasteiger charge is 2.55. The number of methoxy groups -OCH3 is 3. The Morgan fingerprint density at radius 2 is 1.56 bits per heavy atom. The number of rotatable bonds is 6. The molecule has 1 aromatic carbocycles. The van der Waals surface area contributed by atoms with E-state index in [1.54, 1.807) is 7.05 Å². The smallest absolute Gasteiger partial charge is 0.327 e. The van der Waals surface area contributed by atoms with Gasteiger partial charge < -0.3 is 19.1 Å². The van der Waals surface area contributed by atoms with Crippen LogP contribution in [-0.4, -0.2) is 74.0 Å². The lowest BCUT2D eigenvalue weighted by atomic mass is 9.81. The first-order chi connectivity index (χ1) is 15.3. The number of carbonyl (C=O) groups excluding carboxylic acids is 4. The first-order valence-electron chi connectivity index (χ1n) is 10.3. The van der Waals surface area contributed by atoms with E-state index in [2.05, 4.69) is 10.9 Å². The van der Waals surface area contributed by atoms with Gasteiger partial charge in [0.1, 0.15) is 12.1 Å². The van der Waals surface area contributed by atoms with Gasteiger partial charge in [-0.2, -0.15) is 0 Å². The molecule has 0 atom stereocenters. The van der Waals surface area contributed by atoms with Crippen molar-refractivity contribution < 1.29 is 33.4 Å². The molecule has 0 aromatic heterocycles. The van der Waals surface area contributed by atoms with Gasteiger partial charge in [-0.3, -0.25) is 30.1 Å². The first kappa shape index (κ1) is 23.2. The van der Waals surface area contributed by atoms with E-state index in [9.17, 15) is 19.2 Å². The fraction of sp³-hybridized carbons (Fsp3) is 0.524. The van der Waals surface area contributed by atoms with Crippen LogP contribution >= 0.6 is 0 Å². The van der Waals surface area contributed by atoms with E-state index < -0.39 is 29.9 Å². The third kappa shape index (κ3) is 4.02. The SMILES string of the molecule is COc1cc(C(=O)NNC(=O)CN2C(=O)N(C)C3(CCCCC3)C2=O)cc(OC)c1OC. The van der Waals surface area contributed by atoms with Crippen molar-refractivity contribution in [2.45, 2.75) is 37.6 Å². The molecule has 1 heterocycles. The average molecular weight is 448 g/mol. The maximum absolute atomic E-state index is 13.0. The van der Waals surface area contributed by atoms with E-state index >= 15 is 0 Å². The fourth-order valence-corrected chi connectivity index (χ4v) is 4.27. The van der Waals surface area contributed by atoms with Crippen molar-refractivity contribution in [3.8, 4) is 17.2 Å². The molecule has 1 spiro atoms. The second-order valence-electron chi connectivity index (χ2n) is 7.74. The van der Waals surface area contributed by atoms with Crippen molar-refractivity contribution in [1.29, 1.82) is 0 Å². The molecule has 2 fully saturated rings. The lowest BCUT2D eigenvalue weighted by Crippen LogP contribution is -2.50. The van der Waals surface area contributed by atoms with E-state index in [0.29, 0.717) is 18.6 Å². The van der Waals surface area contributed by atoms with Crippen LogP contribution in [0.15, 0.2) is 12.1 Å². The molecule has 0 unspecified atom stereocenters. The monoisotopic (exact) mass is 448 g/mol. The summed E-state index contributed by atoms with van der Waals surface area (Å²) in [6.07, 6.45) is 3.90. The Hall–Kier alpha value is -3.50. The summed E-state index contributed by atoms with van der Waals surface area (Å²) in [5.74, 6) is -0.834. The molecule has 1 saturated carbocycles. The minimum atomic E-state index is -0.866. The Labute approximate surface area is 185 Å². The molecule has 174 valence electrons. The normalized spacial score (nSPS) is 17.4. The molecule has 11 nitrogen and oxygen atoms in total. The van der Waals surface area contributed by atoms with Crippen LogP contribution in [0.3, 0.4) is 0 Å². The lowest BCUT2D eigenvalue weighted by Gasteiger charge is -2.35. The van der Waals surface area contributed by atoms with Gasteiger partial charge in [0.25, 0.3) is 17.7 Å². The number of hydrazine groups is 1. The van der Waals surface area contributed by atoms with Gasteiger partial charge >= 0.3 is 6.03 Å². The Morgan fingerprint density at radius 1 is 0.969 bits per heavy atom. The standard InChI is InChI=1S/C21H28N4O7/c1-24-20(29)25(19(28)21(24)8-6-5-7-9-21)12-16(26)22-23-18(27)13-10-14(30-2)17(32-4)15(11-13)31-3/h10-11H,5-9,12H2,1-4H3,(H,22,26)(H,23,27). The maximum Gasteiger partial charge on any atom is 0.327 e. The molecule has 2 N–H and O–H groups in total. The highest BCUT2D eigenvalue weighted by Crippen LogP contribution is 2.39. The average Bonchev–Trinajstić information content (AvgIpc) is 2.98. The third-order valence-electron chi connectivity index (χ3n) is 6.03. The number of hydrogen-bond acceptors (Lipinski definition) is 7. The molecule has 3 rings (SSSR count). The molecule has 11 heteroatoms. The molecule has 1 aliphatic heterocycles. The van der Waals surface area contributed by atoms with Gasteiger partial charge in [-0.25, -0.2) is 4.79 Å². The van der Waals surface area contributed by atoms with Gasteiger partial charge in [0.05, 0.1) is 21.3 Å². The molecule has 2 aliphatic rings. The van der Waals surface area contributed by atoms with E-state index in [0.717, 1.165) is 24.2 Å². The summed E-state index contributed by atoms with van der Waals surface area (Å²) >= 11 is 0. The second kappa shape index (κ2) is 9.33. The largest absolute Gasteiger partial charge is 0.493 e. The van der Waals surface area contributed by atoms with Crippen molar-refractivity contribution >= 4 is 23.8 Å². The van der Waals surface area contributed by atoms with Crippen LogP contribution in [0, 0.1) is 0 Å². The zero-order chi connectivity index (χ0) is 23.5. The van der Waals surface area contributed by atoms with Crippen LogP contribution in [0.5, 0.6) is 17.2 Å². The predicted molar refractivity (Wildman–Crippen MR) is 112 cm³/mol. The number of benzene rings is 1. The highest BCUT2D eigenvalue weighted by molar-refractivity contribution is 6.09. The number of amides is 5. The van der Waals surface area contributed by atoms with Crippen LogP contribution in [0.1, 0.15) is 42.5 Å². The van der Waals surface area contributed by atoms with Crippen molar-refractivity contribution in [3.05, 3.63) is 17.7 Å². The van der Waals surface area contributed by atoms with Crippen molar-refractivity contribution in [3.63, 3.8) is 0 Å². The first-order valence-corrected chi connectivity index (χ1v) is 10.3. The molecule has 32 heavy (non-hydrogen) atoms. The topological polar surface area (TPSA) is 127 Å². The molecular weight excluding hydrogens is 420 g/mol. The summed E-state index contributed by atoms with van der Waals surface area (Å²) in [5, 5.41) is 0. The van der Waals surface area contributed by atoms with Crippen molar-refractivity contribution in [2.24, 2.45) is 0 Å². The Kier molecular flexibility index (Phi) is 6.75. The summed E-state index contributed by atoms with van der Waals surface area (Å²) in [7, 11) is 5.87. The fourth-order valence-electron chi connectivity index (χ4n) is 4.27. The second-order valence-corrected chi connectivity index (χ2v) is 7.74. The Balaban J connectivity index is 1.64. The molecule has 0 radical (unpaired) electrons. The zero-order valence-electron chi connectivity index (χ0n) is 18.6. The molecular formula is C21H28N4O7. The van der Waals surface area contributed by atoms with Crippen LogP contribution < -0.4 is 25.1 Å². The van der Waals surface area contributed by atoms with Crippen molar-refractivity contribution in [1.82, 2.24) is 20.7 Å². The number of ether oxygens (including phenoxy) is 3. The number of imide groups is 1. The quantitative estimate of drug-likeness (QED) is 0.492. The summed E-state index contributed by atoms with van der Waals surface area (Å²) in [6.45, 7) is -0.487. The molecule has 1 aromatic rings. The van der Waals surface area contributed by atoms with Crippen LogP contribution in [-0.2, 0) is 9.59 Å². The van der Waals surface area contributed by atoms with E-state index in [1.807, 2.05) is 0 Å². The Bertz CT molecular complexity index is 902. The van der Waals surface area contributed by atoms with E-state index in [1.165, 1.54) is 38.4 Å². The van der Waals surface area contributed by atoms with Gasteiger partial charge in [0.15, 0.2) is 11.5 Å². The molecule has 1 aliphatic carbocycles. The van der Waals surface area contributed by atoms with Crippen molar-refractivity contribution in [2.75, 3.05) is 34.9 Å². The van der Waals surface area contributed by atoms with E-state index in [-0.39, 0.29) is 23.0 Å². The maximum atomic E-state index is 13.0. The van der Waals surface area contributed by atoms with Gasteiger partial charge in [-0.1, -0.05) is 19.3 Å². The highest BCUT2D eigenvalue weighted by atomic mass is 16.5. The minimum Gasteiger partial charge on any atom is -0.493 e. The lowest BCUT2D eigenvalue weighted by molar-refractivity contribution is -0.137. The van der Waals surface area contributed by atoms with Gasteiger partial charge in [0, 0.05) is 12.6 Å². The Morgan fingerprint density at radius 3 is 2.09 bits per heavy atom. The number of nitrogens with zero attached hydrogens (tertiary/aromatic N) is 2. The third-order valence-corrected chi connectivity index (χ3v) is 6.03. The summed E-state index contributed by atoms with van der Waals surface area (Å²) < 4.78 is 15.6. The minimum absolute atomic E-state index is 0.147. The van der Waals surface area contributed by atoms with Crippen LogP contribution in [0.4, 0.5) is 4.79 Å². The number of urea groups is 1. The number of carbonyl (C=O) groups is 4. The number of hydrogen-bond donors (Lipinski definition) is 2. The summed E-state index contributed by atoms with van der Waals surface area (Å²) in [4.78, 5) is 52.8. The van der Waals surface area contributed by atoms with Crippen LogP contribution in [0.25, 0.3) is 0 Å².